The second-order valence-corrected chi connectivity index (χ2v) is 6.09. The molecule has 1 aromatic rings. The Morgan fingerprint density at radius 3 is 2.68 bits per heavy atom. The van der Waals surface area contributed by atoms with Crippen LogP contribution in [0.5, 0.6) is 0 Å². The third-order valence-corrected chi connectivity index (χ3v) is 4.00. The standard InChI is InChI=1S/C15H20BrFN2/c1-11-7-13(16)8-12(2)15(11)9-18-4-6-19-5-3-14(17)10-19/h7-9,14H,3-6,10H2,1-2H3/t14-/m1/s1. The molecule has 0 aromatic heterocycles. The molecule has 0 radical (unpaired) electrons. The Kier molecular flexibility index (Phi) is 5.11. The van der Waals surface area contributed by atoms with Crippen LogP contribution in [-0.4, -0.2) is 43.5 Å². The summed E-state index contributed by atoms with van der Waals surface area (Å²) in [6.07, 6.45) is 1.98. The van der Waals surface area contributed by atoms with Crippen molar-refractivity contribution in [1.82, 2.24) is 4.90 Å². The molecule has 1 aliphatic rings. The highest BCUT2D eigenvalue weighted by Crippen LogP contribution is 2.19. The van der Waals surface area contributed by atoms with E-state index in [1.165, 1.54) is 16.7 Å². The van der Waals surface area contributed by atoms with Gasteiger partial charge < -0.3 is 0 Å². The first kappa shape index (κ1) is 14.7. The summed E-state index contributed by atoms with van der Waals surface area (Å²) in [6, 6.07) is 4.20. The lowest BCUT2D eigenvalue weighted by atomic mass is 10.0. The minimum absolute atomic E-state index is 0.575. The Labute approximate surface area is 122 Å². The van der Waals surface area contributed by atoms with Crippen molar-refractivity contribution in [3.63, 3.8) is 0 Å². The first-order chi connectivity index (χ1) is 9.06. The highest BCUT2D eigenvalue weighted by Gasteiger charge is 2.20. The number of rotatable bonds is 4. The largest absolute Gasteiger partial charge is 0.299 e. The van der Waals surface area contributed by atoms with E-state index < -0.39 is 6.17 Å². The normalized spacial score (nSPS) is 20.5. The fourth-order valence-corrected chi connectivity index (χ4v) is 3.16. The Morgan fingerprint density at radius 2 is 2.11 bits per heavy atom. The molecule has 0 spiro atoms. The Balaban J connectivity index is 1.89. The van der Waals surface area contributed by atoms with E-state index in [1.54, 1.807) is 0 Å². The van der Waals surface area contributed by atoms with E-state index in [0.29, 0.717) is 13.0 Å². The molecular weight excluding hydrogens is 307 g/mol. The number of nitrogens with zero attached hydrogens (tertiary/aromatic N) is 2. The number of hydrogen-bond acceptors (Lipinski definition) is 2. The molecule has 19 heavy (non-hydrogen) atoms. The number of alkyl halides is 1. The highest BCUT2D eigenvalue weighted by atomic mass is 79.9. The molecule has 1 atom stereocenters. The Morgan fingerprint density at radius 1 is 1.42 bits per heavy atom. The van der Waals surface area contributed by atoms with Crippen molar-refractivity contribution < 1.29 is 4.39 Å². The molecule has 1 aliphatic heterocycles. The fraction of sp³-hybridized carbons (Fsp3) is 0.533. The number of hydrogen-bond donors (Lipinski definition) is 0. The van der Waals surface area contributed by atoms with Gasteiger partial charge in [-0.1, -0.05) is 15.9 Å². The molecule has 4 heteroatoms. The predicted molar refractivity (Wildman–Crippen MR) is 82.0 cm³/mol. The van der Waals surface area contributed by atoms with Gasteiger partial charge in [0.1, 0.15) is 6.17 Å². The number of aryl methyl sites for hydroxylation is 2. The summed E-state index contributed by atoms with van der Waals surface area (Å²) < 4.78 is 14.1. The summed E-state index contributed by atoms with van der Waals surface area (Å²) in [5.74, 6) is 0. The van der Waals surface area contributed by atoms with Gasteiger partial charge in [-0.05, 0) is 49.1 Å². The van der Waals surface area contributed by atoms with Crippen molar-refractivity contribution in [2.45, 2.75) is 26.4 Å². The monoisotopic (exact) mass is 326 g/mol. The summed E-state index contributed by atoms with van der Waals surface area (Å²) in [6.45, 7) is 7.21. The van der Waals surface area contributed by atoms with Crippen LogP contribution in [0, 0.1) is 13.8 Å². The second-order valence-electron chi connectivity index (χ2n) is 5.18. The first-order valence-electron chi connectivity index (χ1n) is 6.69. The third-order valence-electron chi connectivity index (χ3n) is 3.54. The average Bonchev–Trinajstić information content (AvgIpc) is 2.73. The molecule has 0 amide bonds. The van der Waals surface area contributed by atoms with Gasteiger partial charge in [-0.25, -0.2) is 4.39 Å². The minimum Gasteiger partial charge on any atom is -0.299 e. The second kappa shape index (κ2) is 6.62. The van der Waals surface area contributed by atoms with E-state index in [1.807, 2.05) is 6.21 Å². The zero-order valence-electron chi connectivity index (χ0n) is 11.5. The Bertz CT molecular complexity index is 450. The van der Waals surface area contributed by atoms with Crippen molar-refractivity contribution in [3.05, 3.63) is 33.3 Å². The Hall–Kier alpha value is -0.740. The molecule has 0 aliphatic carbocycles. The van der Waals surface area contributed by atoms with E-state index in [0.717, 1.165) is 24.1 Å². The molecule has 1 saturated heterocycles. The van der Waals surface area contributed by atoms with Crippen LogP contribution in [-0.2, 0) is 0 Å². The van der Waals surface area contributed by atoms with Crippen molar-refractivity contribution in [2.75, 3.05) is 26.2 Å². The summed E-state index contributed by atoms with van der Waals surface area (Å²) in [5.41, 5.74) is 3.63. The van der Waals surface area contributed by atoms with Crippen LogP contribution in [0.3, 0.4) is 0 Å². The van der Waals surface area contributed by atoms with E-state index in [4.69, 9.17) is 0 Å². The van der Waals surface area contributed by atoms with Crippen molar-refractivity contribution in [2.24, 2.45) is 4.99 Å². The summed E-state index contributed by atoms with van der Waals surface area (Å²) >= 11 is 3.49. The molecule has 0 bridgehead atoms. The molecule has 104 valence electrons. The smallest absolute Gasteiger partial charge is 0.114 e. The fourth-order valence-electron chi connectivity index (χ4n) is 2.47. The highest BCUT2D eigenvalue weighted by molar-refractivity contribution is 9.10. The minimum atomic E-state index is -0.639. The van der Waals surface area contributed by atoms with E-state index in [2.05, 4.69) is 51.8 Å². The lowest BCUT2D eigenvalue weighted by molar-refractivity contribution is 0.293. The van der Waals surface area contributed by atoms with Gasteiger partial charge in [0.2, 0.25) is 0 Å². The van der Waals surface area contributed by atoms with Crippen LogP contribution in [0.1, 0.15) is 23.1 Å². The van der Waals surface area contributed by atoms with Gasteiger partial charge in [0, 0.05) is 30.3 Å². The molecule has 1 heterocycles. The lowest BCUT2D eigenvalue weighted by Crippen LogP contribution is -2.24. The number of halogens is 2. The van der Waals surface area contributed by atoms with E-state index in [-0.39, 0.29) is 0 Å². The van der Waals surface area contributed by atoms with Crippen molar-refractivity contribution >= 4 is 22.1 Å². The average molecular weight is 327 g/mol. The summed E-state index contributed by atoms with van der Waals surface area (Å²) in [7, 11) is 0. The molecule has 0 saturated carbocycles. The van der Waals surface area contributed by atoms with Crippen molar-refractivity contribution in [3.8, 4) is 0 Å². The topological polar surface area (TPSA) is 15.6 Å². The third kappa shape index (κ3) is 4.11. The van der Waals surface area contributed by atoms with E-state index in [9.17, 15) is 4.39 Å². The molecule has 0 unspecified atom stereocenters. The first-order valence-corrected chi connectivity index (χ1v) is 7.48. The molecule has 1 fully saturated rings. The van der Waals surface area contributed by atoms with Crippen LogP contribution < -0.4 is 0 Å². The van der Waals surface area contributed by atoms with Crippen LogP contribution in [0.4, 0.5) is 4.39 Å². The van der Waals surface area contributed by atoms with Gasteiger partial charge in [0.25, 0.3) is 0 Å². The maximum atomic E-state index is 13.0. The number of aliphatic imine (C=N–C) groups is 1. The van der Waals surface area contributed by atoms with Crippen molar-refractivity contribution in [1.29, 1.82) is 0 Å². The molecular formula is C15H20BrFN2. The summed E-state index contributed by atoms with van der Waals surface area (Å²) in [4.78, 5) is 6.62. The van der Waals surface area contributed by atoms with Gasteiger partial charge in [0.05, 0.1) is 6.54 Å². The van der Waals surface area contributed by atoms with Crippen LogP contribution in [0.15, 0.2) is 21.6 Å². The zero-order chi connectivity index (χ0) is 13.8. The SMILES string of the molecule is Cc1cc(Br)cc(C)c1C=NCCN1CC[C@@H](F)C1. The maximum Gasteiger partial charge on any atom is 0.114 e. The number of benzene rings is 1. The molecule has 1 aromatic carbocycles. The molecule has 2 nitrogen and oxygen atoms in total. The lowest BCUT2D eigenvalue weighted by Gasteiger charge is -2.12. The van der Waals surface area contributed by atoms with Crippen LogP contribution >= 0.6 is 15.9 Å². The van der Waals surface area contributed by atoms with Gasteiger partial charge in [0.15, 0.2) is 0 Å². The van der Waals surface area contributed by atoms with Gasteiger partial charge in [-0.15, -0.1) is 0 Å². The van der Waals surface area contributed by atoms with Gasteiger partial charge >= 0.3 is 0 Å². The van der Waals surface area contributed by atoms with Gasteiger partial charge in [-0.2, -0.15) is 0 Å². The number of likely N-dealkylation sites (tertiary alicyclic amines) is 1. The quantitative estimate of drug-likeness (QED) is 0.773. The predicted octanol–water partition coefficient (Wildman–Crippen LogP) is 3.53. The maximum absolute atomic E-state index is 13.0. The van der Waals surface area contributed by atoms with E-state index >= 15 is 0 Å². The van der Waals surface area contributed by atoms with Crippen LogP contribution in [0.2, 0.25) is 0 Å². The van der Waals surface area contributed by atoms with Gasteiger partial charge in [-0.3, -0.25) is 9.89 Å². The van der Waals surface area contributed by atoms with Crippen LogP contribution in [0.25, 0.3) is 0 Å². The summed E-state index contributed by atoms with van der Waals surface area (Å²) in [5, 5.41) is 0. The molecule has 2 rings (SSSR count). The molecule has 0 N–H and O–H groups in total. The zero-order valence-corrected chi connectivity index (χ0v) is 13.1.